The van der Waals surface area contributed by atoms with Crippen LogP contribution in [0.4, 0.5) is 5.69 Å². The van der Waals surface area contributed by atoms with E-state index in [0.717, 1.165) is 4.90 Å². The van der Waals surface area contributed by atoms with Gasteiger partial charge in [0, 0.05) is 0 Å². The van der Waals surface area contributed by atoms with Crippen molar-refractivity contribution < 1.29 is 24.2 Å². The van der Waals surface area contributed by atoms with Crippen LogP contribution in [0.1, 0.15) is 10.4 Å². The molecule has 3 aliphatic rings. The van der Waals surface area contributed by atoms with Crippen LogP contribution in [-0.2, 0) is 14.3 Å². The Labute approximate surface area is 129 Å². The Morgan fingerprint density at radius 1 is 1.14 bits per heavy atom. The molecule has 0 aliphatic carbocycles. The minimum Gasteiger partial charge on any atom is -0.478 e. The molecular formula is C15H10ClNO5. The molecule has 3 aliphatic heterocycles. The smallest absolute Gasteiger partial charge is 0.337 e. The molecule has 0 saturated carbocycles. The van der Waals surface area contributed by atoms with Gasteiger partial charge in [-0.2, -0.15) is 0 Å². The van der Waals surface area contributed by atoms with Crippen LogP contribution in [0.5, 0.6) is 0 Å². The van der Waals surface area contributed by atoms with Crippen LogP contribution >= 0.6 is 11.6 Å². The number of hydrogen-bond acceptors (Lipinski definition) is 4. The molecule has 1 aromatic rings. The Kier molecular flexibility index (Phi) is 2.70. The number of anilines is 1. The molecule has 4 rings (SSSR count). The highest BCUT2D eigenvalue weighted by molar-refractivity contribution is 6.34. The van der Waals surface area contributed by atoms with E-state index in [9.17, 15) is 14.4 Å². The zero-order valence-electron chi connectivity index (χ0n) is 11.1. The van der Waals surface area contributed by atoms with Crippen molar-refractivity contribution in [3.8, 4) is 0 Å². The minimum absolute atomic E-state index is 0.0561. The SMILES string of the molecule is O=C(O)c1cc(N2C(=O)C3C4C=CC(O4)C3C2=O)ccc1Cl. The normalized spacial score (nSPS) is 32.0. The van der Waals surface area contributed by atoms with Crippen molar-refractivity contribution in [2.24, 2.45) is 11.8 Å². The Morgan fingerprint density at radius 2 is 1.73 bits per heavy atom. The number of ether oxygens (including phenoxy) is 1. The standard InChI is InChI=1S/C15H10ClNO5/c16-8-2-1-6(5-7(8)15(20)21)17-13(18)11-9-3-4-10(22-9)12(11)14(17)19/h1-5,9-12H,(H,20,21). The van der Waals surface area contributed by atoms with E-state index < -0.39 is 17.8 Å². The Morgan fingerprint density at radius 3 is 2.27 bits per heavy atom. The molecule has 1 aromatic carbocycles. The number of nitrogens with zero attached hydrogens (tertiary/aromatic N) is 1. The fourth-order valence-electron chi connectivity index (χ4n) is 3.37. The maximum absolute atomic E-state index is 12.6. The number of carbonyl (C=O) groups is 3. The number of carboxylic acid groups (broad SMARTS) is 1. The van der Waals surface area contributed by atoms with Crippen molar-refractivity contribution in [1.29, 1.82) is 0 Å². The molecule has 4 atom stereocenters. The van der Waals surface area contributed by atoms with Crippen molar-refractivity contribution in [3.63, 3.8) is 0 Å². The zero-order valence-corrected chi connectivity index (χ0v) is 11.9. The molecule has 1 N–H and O–H groups in total. The Hall–Kier alpha value is -2.18. The fraction of sp³-hybridized carbons (Fsp3) is 0.267. The largest absolute Gasteiger partial charge is 0.478 e. The second kappa shape index (κ2) is 4.41. The number of amides is 2. The van der Waals surface area contributed by atoms with Crippen molar-refractivity contribution in [2.45, 2.75) is 12.2 Å². The Balaban J connectivity index is 1.76. The Bertz CT molecular complexity index is 728. The quantitative estimate of drug-likeness (QED) is 0.659. The lowest BCUT2D eigenvalue weighted by Gasteiger charge is -2.18. The molecule has 0 spiro atoms. The van der Waals surface area contributed by atoms with Crippen LogP contribution < -0.4 is 4.90 Å². The highest BCUT2D eigenvalue weighted by Gasteiger charge is 2.61. The van der Waals surface area contributed by atoms with Gasteiger partial charge in [0.1, 0.15) is 0 Å². The third kappa shape index (κ3) is 1.62. The maximum Gasteiger partial charge on any atom is 0.337 e. The van der Waals surface area contributed by atoms with Gasteiger partial charge >= 0.3 is 5.97 Å². The number of imide groups is 1. The lowest BCUT2D eigenvalue weighted by Crippen LogP contribution is -2.34. The van der Waals surface area contributed by atoms with Crippen molar-refractivity contribution >= 4 is 35.1 Å². The van der Waals surface area contributed by atoms with Gasteiger partial charge in [-0.25, -0.2) is 9.69 Å². The second-order valence-electron chi connectivity index (χ2n) is 5.48. The third-order valence-corrected chi connectivity index (χ3v) is 4.68. The molecule has 112 valence electrons. The van der Waals surface area contributed by atoms with Crippen molar-refractivity contribution in [1.82, 2.24) is 0 Å². The molecule has 2 fully saturated rings. The average Bonchev–Trinajstić information content (AvgIpc) is 3.14. The molecule has 0 aromatic heterocycles. The summed E-state index contributed by atoms with van der Waals surface area (Å²) in [5.74, 6) is -2.97. The number of halogens is 1. The molecule has 4 unspecified atom stereocenters. The average molecular weight is 320 g/mol. The predicted octanol–water partition coefficient (Wildman–Crippen LogP) is 1.48. The van der Waals surface area contributed by atoms with Crippen LogP contribution in [0.2, 0.25) is 5.02 Å². The van der Waals surface area contributed by atoms with Crippen LogP contribution in [-0.4, -0.2) is 35.1 Å². The van der Waals surface area contributed by atoms with E-state index in [2.05, 4.69) is 0 Å². The summed E-state index contributed by atoms with van der Waals surface area (Å²) in [6.07, 6.45) is 2.85. The summed E-state index contributed by atoms with van der Waals surface area (Å²) in [7, 11) is 0. The van der Waals surface area contributed by atoms with Gasteiger partial charge in [0.15, 0.2) is 0 Å². The molecule has 7 heteroatoms. The van der Waals surface area contributed by atoms with Crippen LogP contribution in [0.3, 0.4) is 0 Å². The van der Waals surface area contributed by atoms with E-state index >= 15 is 0 Å². The number of aromatic carboxylic acids is 1. The van der Waals surface area contributed by atoms with Gasteiger partial charge in [0.2, 0.25) is 11.8 Å². The maximum atomic E-state index is 12.6. The number of carbonyl (C=O) groups excluding carboxylic acids is 2. The van der Waals surface area contributed by atoms with Crippen LogP contribution in [0, 0.1) is 11.8 Å². The number of hydrogen-bond donors (Lipinski definition) is 1. The monoisotopic (exact) mass is 319 g/mol. The minimum atomic E-state index is -1.21. The molecule has 6 nitrogen and oxygen atoms in total. The summed E-state index contributed by atoms with van der Waals surface area (Å²) in [5.41, 5.74) is 0.0831. The fourth-order valence-corrected chi connectivity index (χ4v) is 3.57. The molecular weight excluding hydrogens is 310 g/mol. The van der Waals surface area contributed by atoms with E-state index in [1.165, 1.54) is 18.2 Å². The molecule has 2 bridgehead atoms. The topological polar surface area (TPSA) is 83.9 Å². The third-order valence-electron chi connectivity index (χ3n) is 4.35. The number of benzene rings is 1. The van der Waals surface area contributed by atoms with E-state index in [4.69, 9.17) is 21.4 Å². The summed E-state index contributed by atoms with van der Waals surface area (Å²) in [6, 6.07) is 4.10. The first-order chi connectivity index (χ1) is 10.5. The van der Waals surface area contributed by atoms with Gasteiger partial charge < -0.3 is 9.84 Å². The predicted molar refractivity (Wildman–Crippen MR) is 75.7 cm³/mol. The molecule has 2 amide bonds. The van der Waals surface area contributed by atoms with E-state index in [0.29, 0.717) is 0 Å². The summed E-state index contributed by atoms with van der Waals surface area (Å²) in [4.78, 5) is 37.3. The first-order valence-corrected chi connectivity index (χ1v) is 7.11. The van der Waals surface area contributed by atoms with Gasteiger partial charge in [-0.15, -0.1) is 0 Å². The lowest BCUT2D eigenvalue weighted by molar-refractivity contribution is -0.124. The van der Waals surface area contributed by atoms with E-state index in [1.54, 1.807) is 12.2 Å². The lowest BCUT2D eigenvalue weighted by atomic mass is 9.85. The molecule has 2 saturated heterocycles. The van der Waals surface area contributed by atoms with Gasteiger partial charge in [-0.1, -0.05) is 23.8 Å². The highest BCUT2D eigenvalue weighted by atomic mass is 35.5. The van der Waals surface area contributed by atoms with E-state index in [1.807, 2.05) is 0 Å². The number of fused-ring (bicyclic) bond motifs is 5. The van der Waals surface area contributed by atoms with Gasteiger partial charge in [0.25, 0.3) is 0 Å². The van der Waals surface area contributed by atoms with Crippen LogP contribution in [0.25, 0.3) is 0 Å². The molecule has 22 heavy (non-hydrogen) atoms. The highest BCUT2D eigenvalue weighted by Crippen LogP contribution is 2.46. The summed E-state index contributed by atoms with van der Waals surface area (Å²) in [6.45, 7) is 0. The van der Waals surface area contributed by atoms with Crippen molar-refractivity contribution in [3.05, 3.63) is 40.9 Å². The molecule has 3 heterocycles. The summed E-state index contributed by atoms with van der Waals surface area (Å²) in [5, 5.41) is 9.17. The van der Waals surface area contributed by atoms with Crippen LogP contribution in [0.15, 0.2) is 30.4 Å². The van der Waals surface area contributed by atoms with E-state index in [-0.39, 0.29) is 40.3 Å². The summed E-state index contributed by atoms with van der Waals surface area (Å²) < 4.78 is 5.55. The first kappa shape index (κ1) is 13.5. The number of carboxylic acids is 1. The van der Waals surface area contributed by atoms with Gasteiger partial charge in [0.05, 0.1) is 40.3 Å². The zero-order chi connectivity index (χ0) is 15.6. The van der Waals surface area contributed by atoms with Gasteiger partial charge in [-0.05, 0) is 18.2 Å². The first-order valence-electron chi connectivity index (χ1n) is 6.73. The van der Waals surface area contributed by atoms with Crippen molar-refractivity contribution in [2.75, 3.05) is 4.90 Å². The molecule has 0 radical (unpaired) electrons. The van der Waals surface area contributed by atoms with Gasteiger partial charge in [-0.3, -0.25) is 9.59 Å². The summed E-state index contributed by atoms with van der Waals surface area (Å²) >= 11 is 5.82. The number of rotatable bonds is 2. The second-order valence-corrected chi connectivity index (χ2v) is 5.89.